The molecule has 3 nitrogen and oxygen atoms in total. The third-order valence-electron chi connectivity index (χ3n) is 2.10. The van der Waals surface area contributed by atoms with Crippen LogP contribution in [0.3, 0.4) is 0 Å². The van der Waals surface area contributed by atoms with Crippen LogP contribution in [0.4, 0.5) is 13.2 Å². The van der Waals surface area contributed by atoms with Crippen molar-refractivity contribution in [3.05, 3.63) is 28.8 Å². The van der Waals surface area contributed by atoms with Crippen LogP contribution >= 0.6 is 15.9 Å². The maximum absolute atomic E-state index is 13.5. The Bertz CT molecular complexity index is 426. The molecule has 0 radical (unpaired) electrons. The van der Waals surface area contributed by atoms with E-state index in [9.17, 15) is 18.0 Å². The van der Waals surface area contributed by atoms with Gasteiger partial charge in [-0.25, -0.2) is 13.8 Å². The van der Waals surface area contributed by atoms with Crippen LogP contribution in [-0.4, -0.2) is 18.1 Å². The minimum atomic E-state index is -2.85. The van der Waals surface area contributed by atoms with Crippen LogP contribution in [0.1, 0.15) is 23.2 Å². The van der Waals surface area contributed by atoms with E-state index < -0.39 is 24.0 Å². The summed E-state index contributed by atoms with van der Waals surface area (Å²) in [7, 11) is 1.16. The molecule has 0 unspecified atom stereocenters. The van der Waals surface area contributed by atoms with E-state index in [2.05, 4.69) is 25.7 Å². The number of rotatable bonds is 4. The van der Waals surface area contributed by atoms with Gasteiger partial charge < -0.3 is 4.74 Å². The molecule has 7 heteroatoms. The molecule has 17 heavy (non-hydrogen) atoms. The number of nitrogens with zero attached hydrogens (tertiary/aromatic N) is 1. The lowest BCUT2D eigenvalue weighted by molar-refractivity contribution is -0.139. The number of methoxy groups -OCH3 is 1. The van der Waals surface area contributed by atoms with Crippen LogP contribution < -0.4 is 0 Å². The van der Waals surface area contributed by atoms with Crippen molar-refractivity contribution in [3.8, 4) is 0 Å². The van der Waals surface area contributed by atoms with Gasteiger partial charge in [-0.2, -0.15) is 4.39 Å². The SMILES string of the molecule is COC(=O)Cc1c(CBr)cc(C(F)F)nc1F. The zero-order valence-electron chi connectivity index (χ0n) is 8.84. The smallest absolute Gasteiger partial charge is 0.310 e. The van der Waals surface area contributed by atoms with Crippen molar-refractivity contribution < 1.29 is 22.7 Å². The van der Waals surface area contributed by atoms with E-state index in [0.717, 1.165) is 13.2 Å². The summed E-state index contributed by atoms with van der Waals surface area (Å²) in [5.74, 6) is -1.72. The topological polar surface area (TPSA) is 39.2 Å². The van der Waals surface area contributed by atoms with E-state index in [1.165, 1.54) is 0 Å². The number of hydrogen-bond acceptors (Lipinski definition) is 3. The highest BCUT2D eigenvalue weighted by atomic mass is 79.9. The number of esters is 1. The average molecular weight is 312 g/mol. The summed E-state index contributed by atoms with van der Waals surface area (Å²) in [4.78, 5) is 14.2. The van der Waals surface area contributed by atoms with Crippen LogP contribution in [-0.2, 0) is 21.3 Å². The second kappa shape index (κ2) is 6.00. The number of ether oxygens (including phenoxy) is 1. The van der Waals surface area contributed by atoms with Gasteiger partial charge in [0.1, 0.15) is 5.69 Å². The Labute approximate surface area is 104 Å². The molecule has 0 aromatic carbocycles. The van der Waals surface area contributed by atoms with Gasteiger partial charge in [0, 0.05) is 10.9 Å². The van der Waals surface area contributed by atoms with Gasteiger partial charge in [0.15, 0.2) is 0 Å². The Morgan fingerprint density at radius 1 is 1.59 bits per heavy atom. The monoisotopic (exact) mass is 311 g/mol. The summed E-state index contributed by atoms with van der Waals surface area (Å²) in [6.45, 7) is 0. The number of carbonyl (C=O) groups excluding carboxylic acids is 1. The van der Waals surface area contributed by atoms with E-state index >= 15 is 0 Å². The second-order valence-corrected chi connectivity index (χ2v) is 3.72. The second-order valence-electron chi connectivity index (χ2n) is 3.16. The summed E-state index contributed by atoms with van der Waals surface area (Å²) in [5.41, 5.74) is -0.415. The normalized spacial score (nSPS) is 10.7. The lowest BCUT2D eigenvalue weighted by atomic mass is 10.1. The number of pyridine rings is 1. The van der Waals surface area contributed by atoms with Gasteiger partial charge in [0.05, 0.1) is 13.5 Å². The highest BCUT2D eigenvalue weighted by Crippen LogP contribution is 2.23. The molecule has 0 bridgehead atoms. The summed E-state index contributed by atoms with van der Waals surface area (Å²) < 4.78 is 42.6. The Morgan fingerprint density at radius 3 is 2.71 bits per heavy atom. The molecule has 0 aliphatic heterocycles. The maximum Gasteiger partial charge on any atom is 0.310 e. The lowest BCUT2D eigenvalue weighted by Crippen LogP contribution is -2.11. The molecule has 1 rings (SSSR count). The van der Waals surface area contributed by atoms with Crippen molar-refractivity contribution in [3.63, 3.8) is 0 Å². The Kier molecular flexibility index (Phi) is 4.92. The Balaban J connectivity index is 3.16. The molecule has 1 aromatic heterocycles. The van der Waals surface area contributed by atoms with Crippen molar-refractivity contribution in [2.75, 3.05) is 7.11 Å². The molecule has 94 valence electrons. The highest BCUT2D eigenvalue weighted by molar-refractivity contribution is 9.08. The van der Waals surface area contributed by atoms with Gasteiger partial charge in [-0.3, -0.25) is 4.79 Å². The van der Waals surface area contributed by atoms with Crippen molar-refractivity contribution in [2.45, 2.75) is 18.2 Å². The standard InChI is InChI=1S/C10H9BrF3NO2/c1-17-8(16)3-6-5(4-11)2-7(9(12)13)15-10(6)14/h2,9H,3-4H2,1H3. The van der Waals surface area contributed by atoms with E-state index in [0.29, 0.717) is 0 Å². The lowest BCUT2D eigenvalue weighted by Gasteiger charge is -2.09. The minimum Gasteiger partial charge on any atom is -0.469 e. The first-order valence-corrected chi connectivity index (χ1v) is 5.70. The van der Waals surface area contributed by atoms with Crippen molar-refractivity contribution in [2.24, 2.45) is 0 Å². The summed E-state index contributed by atoms with van der Waals surface area (Å²) in [6, 6.07) is 1.07. The minimum absolute atomic E-state index is 0.0295. The van der Waals surface area contributed by atoms with Crippen LogP contribution in [0.2, 0.25) is 0 Å². The largest absolute Gasteiger partial charge is 0.469 e. The fourth-order valence-corrected chi connectivity index (χ4v) is 1.75. The van der Waals surface area contributed by atoms with Gasteiger partial charge in [-0.05, 0) is 11.6 Å². The van der Waals surface area contributed by atoms with Crippen LogP contribution in [0.25, 0.3) is 0 Å². The van der Waals surface area contributed by atoms with Crippen LogP contribution in [0.15, 0.2) is 6.07 Å². The van der Waals surface area contributed by atoms with E-state index in [1.54, 1.807) is 0 Å². The van der Waals surface area contributed by atoms with Crippen molar-refractivity contribution in [1.29, 1.82) is 0 Å². The molecular formula is C10H9BrF3NO2. The average Bonchev–Trinajstić information content (AvgIpc) is 2.30. The molecule has 0 aliphatic rings. The van der Waals surface area contributed by atoms with Gasteiger partial charge in [0.25, 0.3) is 6.43 Å². The molecular weight excluding hydrogens is 303 g/mol. The molecule has 0 saturated heterocycles. The molecule has 0 saturated carbocycles. The third kappa shape index (κ3) is 3.42. The zero-order valence-corrected chi connectivity index (χ0v) is 10.4. The van der Waals surface area contributed by atoms with Gasteiger partial charge in [0.2, 0.25) is 5.95 Å². The molecule has 0 N–H and O–H groups in total. The highest BCUT2D eigenvalue weighted by Gasteiger charge is 2.19. The molecule has 0 amide bonds. The Morgan fingerprint density at radius 2 is 2.24 bits per heavy atom. The predicted molar refractivity (Wildman–Crippen MR) is 57.5 cm³/mol. The third-order valence-corrected chi connectivity index (χ3v) is 2.71. The van der Waals surface area contributed by atoms with Crippen LogP contribution in [0.5, 0.6) is 0 Å². The molecule has 0 fully saturated rings. The quantitative estimate of drug-likeness (QED) is 0.487. The molecule has 0 spiro atoms. The summed E-state index contributed by atoms with van der Waals surface area (Å²) >= 11 is 3.05. The van der Waals surface area contributed by atoms with Crippen molar-refractivity contribution >= 4 is 21.9 Å². The maximum atomic E-state index is 13.5. The van der Waals surface area contributed by atoms with Crippen LogP contribution in [0, 0.1) is 5.95 Å². The number of carbonyl (C=O) groups is 1. The van der Waals surface area contributed by atoms with E-state index in [4.69, 9.17) is 0 Å². The fourth-order valence-electron chi connectivity index (χ4n) is 1.25. The van der Waals surface area contributed by atoms with Crippen molar-refractivity contribution in [1.82, 2.24) is 4.98 Å². The number of halogens is 4. The number of alkyl halides is 3. The first-order valence-electron chi connectivity index (χ1n) is 4.58. The molecule has 0 atom stereocenters. The fraction of sp³-hybridized carbons (Fsp3) is 0.400. The molecule has 1 heterocycles. The van der Waals surface area contributed by atoms with Gasteiger partial charge in [-0.15, -0.1) is 0 Å². The first-order chi connectivity index (χ1) is 7.99. The number of aromatic nitrogens is 1. The van der Waals surface area contributed by atoms with Gasteiger partial charge in [-0.1, -0.05) is 15.9 Å². The predicted octanol–water partition coefficient (Wildman–Crippen LogP) is 2.77. The molecule has 1 aromatic rings. The summed E-state index contributed by atoms with van der Waals surface area (Å²) in [5, 5.41) is 0.151. The zero-order chi connectivity index (χ0) is 13.0. The summed E-state index contributed by atoms with van der Waals surface area (Å²) in [6.07, 6.45) is -3.19. The number of hydrogen-bond donors (Lipinski definition) is 0. The first kappa shape index (κ1) is 14.0. The van der Waals surface area contributed by atoms with Gasteiger partial charge >= 0.3 is 5.97 Å². The molecule has 0 aliphatic carbocycles. The van der Waals surface area contributed by atoms with E-state index in [-0.39, 0.29) is 22.9 Å². The Hall–Kier alpha value is -1.11. The van der Waals surface area contributed by atoms with E-state index in [1.807, 2.05) is 0 Å².